The van der Waals surface area contributed by atoms with Gasteiger partial charge in [-0.2, -0.15) is 0 Å². The summed E-state index contributed by atoms with van der Waals surface area (Å²) in [6.45, 7) is 10.7. The first kappa shape index (κ1) is 12.4. The third-order valence-corrected chi connectivity index (χ3v) is 5.00. The van der Waals surface area contributed by atoms with Gasteiger partial charge in [-0.15, -0.1) is 0 Å². The molecule has 0 amide bonds. The topological polar surface area (TPSA) is 15.3 Å². The number of rotatable bonds is 2. The number of nitrogens with zero attached hydrogens (tertiary/aromatic N) is 1. The van der Waals surface area contributed by atoms with Gasteiger partial charge in [0, 0.05) is 24.2 Å². The molecule has 1 N–H and O–H groups in total. The average molecular weight is 224 g/mol. The molecule has 1 aliphatic carbocycles. The van der Waals surface area contributed by atoms with Crippen molar-refractivity contribution in [3.05, 3.63) is 0 Å². The van der Waals surface area contributed by atoms with Gasteiger partial charge >= 0.3 is 0 Å². The Bertz CT molecular complexity index is 233. The molecular weight excluding hydrogens is 196 g/mol. The van der Waals surface area contributed by atoms with Gasteiger partial charge in [0.1, 0.15) is 0 Å². The Balaban J connectivity index is 2.10. The minimum absolute atomic E-state index is 0.346. The predicted octanol–water partition coefficient (Wildman–Crippen LogP) is 2.78. The summed E-state index contributed by atoms with van der Waals surface area (Å²) in [4.78, 5) is 2.77. The Morgan fingerprint density at radius 3 is 2.38 bits per heavy atom. The largest absolute Gasteiger partial charge is 0.308 e. The second kappa shape index (κ2) is 4.66. The van der Waals surface area contributed by atoms with Gasteiger partial charge in [0.15, 0.2) is 0 Å². The highest BCUT2D eigenvalue weighted by atomic mass is 15.3. The second-order valence-corrected chi connectivity index (χ2v) is 6.07. The molecule has 1 saturated heterocycles. The van der Waals surface area contributed by atoms with E-state index in [-0.39, 0.29) is 0 Å². The summed E-state index contributed by atoms with van der Waals surface area (Å²) in [6.07, 6.45) is 8.37. The van der Waals surface area contributed by atoms with Crippen molar-refractivity contribution in [1.29, 1.82) is 0 Å². The van der Waals surface area contributed by atoms with Gasteiger partial charge in [-0.05, 0) is 32.7 Å². The minimum Gasteiger partial charge on any atom is -0.308 e. The molecule has 0 radical (unpaired) electrons. The van der Waals surface area contributed by atoms with E-state index in [1.54, 1.807) is 0 Å². The standard InChI is InChI=1S/C14H28N2/c1-4-13(3)12-16(5-2)14(11-15-13)9-7-6-8-10-14/h15H,4-12H2,1-3H3. The Hall–Kier alpha value is -0.0800. The zero-order valence-corrected chi connectivity index (χ0v) is 11.3. The third kappa shape index (κ3) is 2.14. The maximum Gasteiger partial charge on any atom is 0.0334 e. The Kier molecular flexibility index (Phi) is 3.60. The van der Waals surface area contributed by atoms with E-state index >= 15 is 0 Å². The maximum absolute atomic E-state index is 3.83. The number of piperazine rings is 1. The van der Waals surface area contributed by atoms with E-state index in [1.165, 1.54) is 58.2 Å². The third-order valence-electron chi connectivity index (χ3n) is 5.00. The van der Waals surface area contributed by atoms with Crippen molar-refractivity contribution in [2.45, 2.75) is 70.4 Å². The molecule has 0 aromatic rings. The van der Waals surface area contributed by atoms with Crippen LogP contribution in [0.15, 0.2) is 0 Å². The lowest BCUT2D eigenvalue weighted by Gasteiger charge is -2.55. The van der Waals surface area contributed by atoms with Gasteiger partial charge in [-0.1, -0.05) is 33.1 Å². The van der Waals surface area contributed by atoms with E-state index in [2.05, 4.69) is 31.0 Å². The van der Waals surface area contributed by atoms with Crippen LogP contribution < -0.4 is 5.32 Å². The van der Waals surface area contributed by atoms with Gasteiger partial charge in [0.2, 0.25) is 0 Å². The van der Waals surface area contributed by atoms with Crippen LogP contribution >= 0.6 is 0 Å². The van der Waals surface area contributed by atoms with E-state index in [0.29, 0.717) is 11.1 Å². The SMILES string of the molecule is CCN1CC(C)(CC)NCC12CCCCC2. The number of hydrogen-bond donors (Lipinski definition) is 1. The molecule has 1 unspecified atom stereocenters. The first-order valence-electron chi connectivity index (χ1n) is 7.14. The fraction of sp³-hybridized carbons (Fsp3) is 1.00. The van der Waals surface area contributed by atoms with Crippen molar-refractivity contribution < 1.29 is 0 Å². The van der Waals surface area contributed by atoms with Gasteiger partial charge < -0.3 is 5.32 Å². The van der Waals surface area contributed by atoms with Crippen molar-refractivity contribution in [3.63, 3.8) is 0 Å². The molecule has 1 spiro atoms. The normalized spacial score (nSPS) is 35.4. The molecule has 2 nitrogen and oxygen atoms in total. The van der Waals surface area contributed by atoms with Gasteiger partial charge in [0.25, 0.3) is 0 Å². The molecule has 1 saturated carbocycles. The maximum atomic E-state index is 3.83. The minimum atomic E-state index is 0.346. The molecule has 16 heavy (non-hydrogen) atoms. The molecule has 2 heteroatoms. The summed E-state index contributed by atoms with van der Waals surface area (Å²) >= 11 is 0. The van der Waals surface area contributed by atoms with Crippen LogP contribution in [0.3, 0.4) is 0 Å². The molecule has 2 aliphatic rings. The average Bonchev–Trinajstić information content (AvgIpc) is 2.34. The second-order valence-electron chi connectivity index (χ2n) is 6.07. The van der Waals surface area contributed by atoms with Gasteiger partial charge in [-0.25, -0.2) is 0 Å². The van der Waals surface area contributed by atoms with Gasteiger partial charge in [-0.3, -0.25) is 4.90 Å². The molecule has 94 valence electrons. The number of nitrogens with one attached hydrogen (secondary N) is 1. The first-order chi connectivity index (χ1) is 7.64. The highest BCUT2D eigenvalue weighted by molar-refractivity contribution is 5.04. The molecule has 0 bridgehead atoms. The van der Waals surface area contributed by atoms with E-state index in [1.807, 2.05) is 0 Å². The van der Waals surface area contributed by atoms with E-state index in [0.717, 1.165) is 0 Å². The number of likely N-dealkylation sites (N-methyl/N-ethyl adjacent to an activating group) is 1. The van der Waals surface area contributed by atoms with Crippen LogP contribution in [0.1, 0.15) is 59.3 Å². The van der Waals surface area contributed by atoms with Crippen molar-refractivity contribution >= 4 is 0 Å². The quantitative estimate of drug-likeness (QED) is 0.776. The Morgan fingerprint density at radius 1 is 1.12 bits per heavy atom. The molecule has 2 fully saturated rings. The fourth-order valence-corrected chi connectivity index (χ4v) is 3.52. The predicted molar refractivity (Wildman–Crippen MR) is 69.8 cm³/mol. The van der Waals surface area contributed by atoms with Crippen LogP contribution in [0.25, 0.3) is 0 Å². The lowest BCUT2D eigenvalue weighted by Crippen LogP contribution is -2.69. The Labute approximate surface area is 101 Å². The first-order valence-corrected chi connectivity index (χ1v) is 7.14. The summed E-state index contributed by atoms with van der Waals surface area (Å²) < 4.78 is 0. The van der Waals surface area contributed by atoms with Crippen LogP contribution in [-0.4, -0.2) is 35.6 Å². The van der Waals surface area contributed by atoms with E-state index in [9.17, 15) is 0 Å². The van der Waals surface area contributed by atoms with Crippen LogP contribution in [0.5, 0.6) is 0 Å². The summed E-state index contributed by atoms with van der Waals surface area (Å²) in [7, 11) is 0. The molecule has 0 aromatic carbocycles. The van der Waals surface area contributed by atoms with Crippen LogP contribution in [0, 0.1) is 0 Å². The van der Waals surface area contributed by atoms with E-state index < -0.39 is 0 Å². The van der Waals surface area contributed by atoms with Crippen LogP contribution in [0.2, 0.25) is 0 Å². The molecular formula is C14H28N2. The summed E-state index contributed by atoms with van der Waals surface area (Å²) in [5.41, 5.74) is 0.848. The lowest BCUT2D eigenvalue weighted by atomic mass is 9.76. The monoisotopic (exact) mass is 224 g/mol. The highest BCUT2D eigenvalue weighted by Gasteiger charge is 2.44. The number of hydrogen-bond acceptors (Lipinski definition) is 2. The molecule has 1 atom stereocenters. The smallest absolute Gasteiger partial charge is 0.0334 e. The molecule has 1 heterocycles. The van der Waals surface area contributed by atoms with Gasteiger partial charge in [0.05, 0.1) is 0 Å². The lowest BCUT2D eigenvalue weighted by molar-refractivity contribution is -0.0117. The van der Waals surface area contributed by atoms with Crippen LogP contribution in [0.4, 0.5) is 0 Å². The van der Waals surface area contributed by atoms with Crippen molar-refractivity contribution in [3.8, 4) is 0 Å². The highest BCUT2D eigenvalue weighted by Crippen LogP contribution is 2.37. The van der Waals surface area contributed by atoms with Crippen molar-refractivity contribution in [1.82, 2.24) is 10.2 Å². The summed E-state index contributed by atoms with van der Waals surface area (Å²) in [5, 5.41) is 3.83. The zero-order valence-electron chi connectivity index (χ0n) is 11.3. The molecule has 2 rings (SSSR count). The summed E-state index contributed by atoms with van der Waals surface area (Å²) in [6, 6.07) is 0. The Morgan fingerprint density at radius 2 is 1.81 bits per heavy atom. The fourth-order valence-electron chi connectivity index (χ4n) is 3.52. The summed E-state index contributed by atoms with van der Waals surface area (Å²) in [5.74, 6) is 0. The van der Waals surface area contributed by atoms with E-state index in [4.69, 9.17) is 0 Å². The molecule has 0 aromatic heterocycles. The van der Waals surface area contributed by atoms with Crippen molar-refractivity contribution in [2.75, 3.05) is 19.6 Å². The molecule has 1 aliphatic heterocycles. The van der Waals surface area contributed by atoms with Crippen molar-refractivity contribution in [2.24, 2.45) is 0 Å². The zero-order chi connectivity index (χ0) is 11.6. The van der Waals surface area contributed by atoms with Crippen LogP contribution in [-0.2, 0) is 0 Å².